The van der Waals surface area contributed by atoms with E-state index in [1.807, 2.05) is 0 Å². The van der Waals surface area contributed by atoms with Crippen LogP contribution in [0, 0.1) is 5.82 Å². The molecule has 0 saturated carbocycles. The van der Waals surface area contributed by atoms with Gasteiger partial charge < -0.3 is 16.0 Å². The highest BCUT2D eigenvalue weighted by molar-refractivity contribution is 8.01. The summed E-state index contributed by atoms with van der Waals surface area (Å²) in [6.07, 6.45) is 0.130. The number of hydrogen-bond donors (Lipinski definition) is 3. The molecule has 32 heavy (non-hydrogen) atoms. The van der Waals surface area contributed by atoms with Crippen LogP contribution in [0.5, 0.6) is 0 Å². The fourth-order valence-corrected chi connectivity index (χ4v) is 4.27. The zero-order valence-electron chi connectivity index (χ0n) is 17.2. The van der Waals surface area contributed by atoms with Crippen LogP contribution in [0.25, 0.3) is 0 Å². The number of hydrogen-bond acceptors (Lipinski definition) is 6. The molecule has 0 bridgehead atoms. The topological polar surface area (TPSA) is 100 Å². The first kappa shape index (κ1) is 23.4. The van der Waals surface area contributed by atoms with Gasteiger partial charge in [0, 0.05) is 30.2 Å². The van der Waals surface area contributed by atoms with Crippen LogP contribution >= 0.6 is 23.1 Å². The zero-order valence-corrected chi connectivity index (χ0v) is 18.8. The molecule has 1 aromatic heterocycles. The molecule has 10 heteroatoms. The van der Waals surface area contributed by atoms with Crippen molar-refractivity contribution in [2.75, 3.05) is 16.4 Å². The Morgan fingerprint density at radius 3 is 2.28 bits per heavy atom. The van der Waals surface area contributed by atoms with E-state index in [1.54, 1.807) is 41.8 Å². The standard InChI is InChI=1S/C22H21FN4O3S2/c1-14(28)25-17-6-8-18(9-7-17)26-21(30)13-32-22-27-19(12-31-22)10-20(29)24-11-15-2-4-16(23)5-3-15/h2-9,12H,10-11,13H2,1H3,(H,24,29)(H,25,28)(H,26,30). The van der Waals surface area contributed by atoms with Crippen molar-refractivity contribution in [3.8, 4) is 0 Å². The van der Waals surface area contributed by atoms with Gasteiger partial charge in [-0.3, -0.25) is 14.4 Å². The third-order valence-electron chi connectivity index (χ3n) is 4.09. The van der Waals surface area contributed by atoms with E-state index < -0.39 is 0 Å². The molecule has 7 nitrogen and oxygen atoms in total. The summed E-state index contributed by atoms with van der Waals surface area (Å²) >= 11 is 2.66. The van der Waals surface area contributed by atoms with Gasteiger partial charge in [-0.1, -0.05) is 23.9 Å². The maximum Gasteiger partial charge on any atom is 0.234 e. The third-order valence-corrected chi connectivity index (χ3v) is 6.16. The number of anilines is 2. The molecule has 0 aliphatic heterocycles. The van der Waals surface area contributed by atoms with Crippen LogP contribution in [0.2, 0.25) is 0 Å². The number of thiazole rings is 1. The van der Waals surface area contributed by atoms with Gasteiger partial charge in [0.2, 0.25) is 17.7 Å². The van der Waals surface area contributed by atoms with E-state index in [1.165, 1.54) is 42.2 Å². The summed E-state index contributed by atoms with van der Waals surface area (Å²) in [6.45, 7) is 1.74. The number of carbonyl (C=O) groups is 3. The minimum absolute atomic E-state index is 0.130. The van der Waals surface area contributed by atoms with Crippen molar-refractivity contribution in [2.45, 2.75) is 24.2 Å². The lowest BCUT2D eigenvalue weighted by Crippen LogP contribution is -2.24. The van der Waals surface area contributed by atoms with Crippen LogP contribution in [0.3, 0.4) is 0 Å². The van der Waals surface area contributed by atoms with Gasteiger partial charge in [-0.2, -0.15) is 0 Å². The van der Waals surface area contributed by atoms with Gasteiger partial charge in [0.05, 0.1) is 17.9 Å². The summed E-state index contributed by atoms with van der Waals surface area (Å²) in [5.74, 6) is -0.669. The molecule has 0 aliphatic rings. The number of amides is 3. The number of nitrogens with one attached hydrogen (secondary N) is 3. The molecule has 0 fully saturated rings. The number of halogens is 1. The summed E-state index contributed by atoms with van der Waals surface area (Å²) in [6, 6.07) is 12.8. The molecule has 0 radical (unpaired) electrons. The number of carbonyl (C=O) groups excluding carboxylic acids is 3. The largest absolute Gasteiger partial charge is 0.352 e. The van der Waals surface area contributed by atoms with Gasteiger partial charge in [0.25, 0.3) is 0 Å². The van der Waals surface area contributed by atoms with Crippen LogP contribution in [0.4, 0.5) is 15.8 Å². The molecule has 0 spiro atoms. The molecule has 3 N–H and O–H groups in total. The van der Waals surface area contributed by atoms with E-state index in [0.717, 1.165) is 5.56 Å². The number of aromatic nitrogens is 1. The molecule has 0 atom stereocenters. The lowest BCUT2D eigenvalue weighted by Gasteiger charge is -2.06. The van der Waals surface area contributed by atoms with Crippen molar-refractivity contribution in [1.29, 1.82) is 0 Å². The minimum atomic E-state index is -0.318. The van der Waals surface area contributed by atoms with E-state index in [4.69, 9.17) is 0 Å². The number of benzene rings is 2. The van der Waals surface area contributed by atoms with Gasteiger partial charge >= 0.3 is 0 Å². The smallest absolute Gasteiger partial charge is 0.234 e. The van der Waals surface area contributed by atoms with E-state index in [-0.39, 0.29) is 35.7 Å². The van der Waals surface area contributed by atoms with Gasteiger partial charge in [0.1, 0.15) is 5.82 Å². The van der Waals surface area contributed by atoms with E-state index >= 15 is 0 Å². The van der Waals surface area contributed by atoms with Crippen LogP contribution < -0.4 is 16.0 Å². The molecule has 1 heterocycles. The maximum absolute atomic E-state index is 12.9. The predicted molar refractivity (Wildman–Crippen MR) is 124 cm³/mol. The van der Waals surface area contributed by atoms with Crippen molar-refractivity contribution in [3.63, 3.8) is 0 Å². The second kappa shape index (κ2) is 11.4. The number of rotatable bonds is 9. The maximum atomic E-state index is 12.9. The number of nitrogens with zero attached hydrogens (tertiary/aromatic N) is 1. The molecule has 166 valence electrons. The Morgan fingerprint density at radius 1 is 0.969 bits per heavy atom. The molecule has 3 amide bonds. The van der Waals surface area contributed by atoms with Crippen molar-refractivity contribution in [2.24, 2.45) is 0 Å². The Bertz CT molecular complexity index is 1090. The van der Waals surface area contributed by atoms with Gasteiger partial charge in [-0.25, -0.2) is 9.37 Å². The SMILES string of the molecule is CC(=O)Nc1ccc(NC(=O)CSc2nc(CC(=O)NCc3ccc(F)cc3)cs2)cc1. The molecule has 2 aromatic carbocycles. The zero-order chi connectivity index (χ0) is 22.9. The first-order valence-electron chi connectivity index (χ1n) is 9.63. The van der Waals surface area contributed by atoms with Gasteiger partial charge in [0.15, 0.2) is 4.34 Å². The van der Waals surface area contributed by atoms with Gasteiger partial charge in [-0.05, 0) is 42.0 Å². The normalized spacial score (nSPS) is 10.4. The Balaban J connectivity index is 1.40. The fraction of sp³-hybridized carbons (Fsp3) is 0.182. The minimum Gasteiger partial charge on any atom is -0.352 e. The van der Waals surface area contributed by atoms with E-state index in [2.05, 4.69) is 20.9 Å². The van der Waals surface area contributed by atoms with Crippen LogP contribution in [0.15, 0.2) is 58.3 Å². The molecular weight excluding hydrogens is 451 g/mol. The number of thioether (sulfide) groups is 1. The summed E-state index contributed by atoms with van der Waals surface area (Å²) in [5.41, 5.74) is 2.72. The molecule has 0 saturated heterocycles. The summed E-state index contributed by atoms with van der Waals surface area (Å²) in [5, 5.41) is 10.0. The van der Waals surface area contributed by atoms with E-state index in [9.17, 15) is 18.8 Å². The Labute approximate surface area is 192 Å². The van der Waals surface area contributed by atoms with Crippen molar-refractivity contribution in [1.82, 2.24) is 10.3 Å². The van der Waals surface area contributed by atoms with Crippen LogP contribution in [-0.2, 0) is 27.3 Å². The highest BCUT2D eigenvalue weighted by Gasteiger charge is 2.10. The summed E-state index contributed by atoms with van der Waals surface area (Å²) in [4.78, 5) is 39.7. The average Bonchev–Trinajstić information content (AvgIpc) is 3.20. The van der Waals surface area contributed by atoms with Crippen molar-refractivity contribution < 1.29 is 18.8 Å². The summed E-state index contributed by atoms with van der Waals surface area (Å²) in [7, 11) is 0. The monoisotopic (exact) mass is 472 g/mol. The van der Waals surface area contributed by atoms with Crippen molar-refractivity contribution in [3.05, 3.63) is 71.0 Å². The summed E-state index contributed by atoms with van der Waals surface area (Å²) < 4.78 is 13.6. The van der Waals surface area contributed by atoms with Crippen LogP contribution in [0.1, 0.15) is 18.2 Å². The first-order valence-corrected chi connectivity index (χ1v) is 11.5. The highest BCUT2D eigenvalue weighted by Crippen LogP contribution is 2.23. The van der Waals surface area contributed by atoms with Crippen LogP contribution in [-0.4, -0.2) is 28.5 Å². The molecule has 3 aromatic rings. The molecule has 3 rings (SSSR count). The Hall–Kier alpha value is -3.24. The highest BCUT2D eigenvalue weighted by atomic mass is 32.2. The fourth-order valence-electron chi connectivity index (χ4n) is 2.63. The Kier molecular flexibility index (Phi) is 8.34. The average molecular weight is 473 g/mol. The molecule has 0 aliphatic carbocycles. The van der Waals surface area contributed by atoms with E-state index in [0.29, 0.717) is 28.0 Å². The lowest BCUT2D eigenvalue weighted by molar-refractivity contribution is -0.120. The first-order chi connectivity index (χ1) is 15.4. The lowest BCUT2D eigenvalue weighted by atomic mass is 10.2. The molecule has 0 unspecified atom stereocenters. The molecular formula is C22H21FN4O3S2. The second-order valence-electron chi connectivity index (χ2n) is 6.78. The second-order valence-corrected chi connectivity index (χ2v) is 8.86. The quantitative estimate of drug-likeness (QED) is 0.411. The van der Waals surface area contributed by atoms with Crippen molar-refractivity contribution >= 4 is 52.2 Å². The predicted octanol–water partition coefficient (Wildman–Crippen LogP) is 3.83. The third kappa shape index (κ3) is 7.78. The van der Waals surface area contributed by atoms with Gasteiger partial charge in [-0.15, -0.1) is 11.3 Å². The Morgan fingerprint density at radius 2 is 1.62 bits per heavy atom.